The first-order valence-corrected chi connectivity index (χ1v) is 11.4. The van der Waals surface area contributed by atoms with Gasteiger partial charge in [-0.2, -0.15) is 0 Å². The first kappa shape index (κ1) is 20.0. The van der Waals surface area contributed by atoms with Gasteiger partial charge < -0.3 is 9.47 Å². The number of aromatic nitrogens is 1. The zero-order valence-corrected chi connectivity index (χ0v) is 18.0. The molecule has 2 aromatic heterocycles. The lowest BCUT2D eigenvalue weighted by molar-refractivity contribution is 0.0617. The van der Waals surface area contributed by atoms with Crippen LogP contribution in [0.1, 0.15) is 21.6 Å². The van der Waals surface area contributed by atoms with Gasteiger partial charge in [-0.15, -0.1) is 11.3 Å². The molecule has 0 spiro atoms. The highest BCUT2D eigenvalue weighted by atomic mass is 32.1. The highest BCUT2D eigenvalue weighted by Crippen LogP contribution is 2.27. The Hall–Kier alpha value is -2.96. The summed E-state index contributed by atoms with van der Waals surface area (Å²) in [6.07, 6.45) is 0. The van der Waals surface area contributed by atoms with E-state index in [1.807, 2.05) is 41.3 Å². The number of halogens is 1. The topological polar surface area (TPSA) is 28.5 Å². The number of carbonyl (C=O) groups excluding carboxylic acids is 1. The number of nitrogens with zero attached hydrogens (tertiary/aromatic N) is 3. The molecule has 5 rings (SSSR count). The second-order valence-electron chi connectivity index (χ2n) is 7.93. The molecule has 1 saturated heterocycles. The predicted molar refractivity (Wildman–Crippen MR) is 123 cm³/mol. The maximum Gasteiger partial charge on any atom is 0.270 e. The summed E-state index contributed by atoms with van der Waals surface area (Å²) in [7, 11) is 0. The smallest absolute Gasteiger partial charge is 0.270 e. The van der Waals surface area contributed by atoms with E-state index < -0.39 is 0 Å². The molecule has 158 valence electrons. The fourth-order valence-electron chi connectivity index (χ4n) is 4.23. The fourth-order valence-corrected chi connectivity index (χ4v) is 5.05. The lowest BCUT2D eigenvalue weighted by Gasteiger charge is -2.35. The third-order valence-corrected chi connectivity index (χ3v) is 6.79. The quantitative estimate of drug-likeness (QED) is 0.450. The third-order valence-electron chi connectivity index (χ3n) is 5.94. The van der Waals surface area contributed by atoms with Crippen LogP contribution in [0.5, 0.6) is 0 Å². The van der Waals surface area contributed by atoms with Crippen molar-refractivity contribution in [1.82, 2.24) is 14.4 Å². The molecule has 4 nitrogen and oxygen atoms in total. The standard InChI is InChI=1S/C25H24FN3OS/c26-21-9-5-4-8-20(21)18-27-11-13-28(14-12-27)25(30)23-16-24-22(10-15-31-24)29(23)17-19-6-2-1-3-7-19/h1-10,15-16H,11-14,17-18H2. The van der Waals surface area contributed by atoms with Crippen LogP contribution in [0.4, 0.5) is 4.39 Å². The minimum atomic E-state index is -0.167. The lowest BCUT2D eigenvalue weighted by atomic mass is 10.2. The molecule has 0 N–H and O–H groups in total. The zero-order chi connectivity index (χ0) is 21.2. The number of rotatable bonds is 5. The van der Waals surface area contributed by atoms with Gasteiger partial charge in [0.15, 0.2) is 0 Å². The van der Waals surface area contributed by atoms with E-state index in [4.69, 9.17) is 0 Å². The number of fused-ring (bicyclic) bond motifs is 1. The van der Waals surface area contributed by atoms with Crippen molar-refractivity contribution in [2.45, 2.75) is 13.1 Å². The van der Waals surface area contributed by atoms with E-state index in [-0.39, 0.29) is 11.7 Å². The number of piperazine rings is 1. The van der Waals surface area contributed by atoms with Gasteiger partial charge in [0, 0.05) is 44.8 Å². The van der Waals surface area contributed by atoms with Gasteiger partial charge in [-0.3, -0.25) is 9.69 Å². The van der Waals surface area contributed by atoms with Crippen molar-refractivity contribution in [3.8, 4) is 0 Å². The molecule has 0 atom stereocenters. The number of benzene rings is 2. The summed E-state index contributed by atoms with van der Waals surface area (Å²) in [5.41, 5.74) is 3.73. The Labute approximate surface area is 185 Å². The number of carbonyl (C=O) groups is 1. The molecule has 31 heavy (non-hydrogen) atoms. The van der Waals surface area contributed by atoms with E-state index in [0.29, 0.717) is 31.7 Å². The average molecular weight is 434 g/mol. The van der Waals surface area contributed by atoms with Gasteiger partial charge in [-0.25, -0.2) is 4.39 Å². The Morgan fingerprint density at radius 2 is 1.65 bits per heavy atom. The Kier molecular flexibility index (Phi) is 5.57. The maximum absolute atomic E-state index is 14.0. The summed E-state index contributed by atoms with van der Waals surface area (Å²) in [5, 5.41) is 2.07. The molecular weight excluding hydrogens is 409 g/mol. The van der Waals surface area contributed by atoms with Crippen molar-refractivity contribution < 1.29 is 9.18 Å². The summed E-state index contributed by atoms with van der Waals surface area (Å²) < 4.78 is 17.2. The predicted octanol–water partition coefficient (Wildman–Crippen LogP) is 4.85. The zero-order valence-electron chi connectivity index (χ0n) is 17.2. The van der Waals surface area contributed by atoms with Crippen molar-refractivity contribution in [1.29, 1.82) is 0 Å². The fraction of sp³-hybridized carbons (Fsp3) is 0.240. The van der Waals surface area contributed by atoms with Crippen LogP contribution in [0.3, 0.4) is 0 Å². The Bertz CT molecular complexity index is 1190. The molecule has 4 aromatic rings. The summed E-state index contributed by atoms with van der Waals surface area (Å²) in [6, 6.07) is 21.3. The van der Waals surface area contributed by atoms with E-state index in [1.165, 1.54) is 11.6 Å². The molecule has 0 aliphatic carbocycles. The van der Waals surface area contributed by atoms with Gasteiger partial charge in [0.2, 0.25) is 0 Å². The van der Waals surface area contributed by atoms with Crippen LogP contribution in [0.2, 0.25) is 0 Å². The molecule has 1 aliphatic rings. The van der Waals surface area contributed by atoms with Crippen LogP contribution < -0.4 is 0 Å². The maximum atomic E-state index is 14.0. The Balaban J connectivity index is 1.31. The van der Waals surface area contributed by atoms with E-state index in [9.17, 15) is 9.18 Å². The SMILES string of the molecule is O=C(c1cc2sccc2n1Cc1ccccc1)N1CCN(Cc2ccccc2F)CC1. The molecule has 0 bridgehead atoms. The lowest BCUT2D eigenvalue weighted by Crippen LogP contribution is -2.48. The Morgan fingerprint density at radius 1 is 0.903 bits per heavy atom. The average Bonchev–Trinajstić information content (AvgIpc) is 3.39. The molecule has 0 unspecified atom stereocenters. The van der Waals surface area contributed by atoms with Crippen molar-refractivity contribution in [2.75, 3.05) is 26.2 Å². The van der Waals surface area contributed by atoms with Gasteiger partial charge in [0.25, 0.3) is 5.91 Å². The number of thiophene rings is 1. The highest BCUT2D eigenvalue weighted by Gasteiger charge is 2.26. The van der Waals surface area contributed by atoms with E-state index in [0.717, 1.165) is 29.0 Å². The molecule has 0 radical (unpaired) electrons. The van der Waals surface area contributed by atoms with E-state index >= 15 is 0 Å². The number of amides is 1. The van der Waals surface area contributed by atoms with Crippen LogP contribution in [-0.4, -0.2) is 46.5 Å². The first-order valence-electron chi connectivity index (χ1n) is 10.5. The third kappa shape index (κ3) is 4.13. The van der Waals surface area contributed by atoms with Crippen LogP contribution in [-0.2, 0) is 13.1 Å². The second kappa shape index (κ2) is 8.65. The molecule has 0 saturated carbocycles. The van der Waals surface area contributed by atoms with Crippen LogP contribution in [0.15, 0.2) is 72.1 Å². The van der Waals surface area contributed by atoms with Crippen LogP contribution >= 0.6 is 11.3 Å². The summed E-state index contributed by atoms with van der Waals surface area (Å²) >= 11 is 1.66. The minimum absolute atomic E-state index is 0.0740. The van der Waals surface area contributed by atoms with Crippen molar-refractivity contribution in [3.63, 3.8) is 0 Å². The van der Waals surface area contributed by atoms with Crippen molar-refractivity contribution in [2.24, 2.45) is 0 Å². The minimum Gasteiger partial charge on any atom is -0.335 e. The van der Waals surface area contributed by atoms with Gasteiger partial charge in [0.1, 0.15) is 11.5 Å². The monoisotopic (exact) mass is 433 g/mol. The molecule has 3 heterocycles. The van der Waals surface area contributed by atoms with Gasteiger partial charge in [-0.05, 0) is 29.1 Å². The second-order valence-corrected chi connectivity index (χ2v) is 8.88. The molecule has 1 aliphatic heterocycles. The number of hydrogen-bond acceptors (Lipinski definition) is 3. The van der Waals surface area contributed by atoms with E-state index in [2.05, 4.69) is 33.0 Å². The molecule has 1 amide bonds. The summed E-state index contributed by atoms with van der Waals surface area (Å²) in [4.78, 5) is 17.6. The van der Waals surface area contributed by atoms with Crippen LogP contribution in [0, 0.1) is 5.82 Å². The molecule has 1 fully saturated rings. The van der Waals surface area contributed by atoms with Crippen molar-refractivity contribution in [3.05, 3.63) is 94.7 Å². The van der Waals surface area contributed by atoms with Crippen molar-refractivity contribution >= 4 is 27.5 Å². The highest BCUT2D eigenvalue weighted by molar-refractivity contribution is 7.17. The van der Waals surface area contributed by atoms with Gasteiger partial charge in [0.05, 0.1) is 10.2 Å². The van der Waals surface area contributed by atoms with Gasteiger partial charge in [-0.1, -0.05) is 48.5 Å². The largest absolute Gasteiger partial charge is 0.335 e. The molecule has 6 heteroatoms. The van der Waals surface area contributed by atoms with Gasteiger partial charge >= 0.3 is 0 Å². The summed E-state index contributed by atoms with van der Waals surface area (Å²) in [5.74, 6) is -0.0929. The number of hydrogen-bond donors (Lipinski definition) is 0. The first-order chi connectivity index (χ1) is 15.2. The summed E-state index contributed by atoms with van der Waals surface area (Å²) in [6.45, 7) is 4.04. The van der Waals surface area contributed by atoms with E-state index in [1.54, 1.807) is 17.4 Å². The Morgan fingerprint density at radius 3 is 2.42 bits per heavy atom. The normalized spacial score (nSPS) is 14.9. The molecule has 2 aromatic carbocycles. The van der Waals surface area contributed by atoms with Crippen LogP contribution in [0.25, 0.3) is 10.2 Å². The molecular formula is C25H24FN3OS.